The smallest absolute Gasteiger partial charge is 0.416 e. The maximum absolute atomic E-state index is 13.4. The van der Waals surface area contributed by atoms with Crippen LogP contribution in [0.5, 0.6) is 0 Å². The van der Waals surface area contributed by atoms with Crippen LogP contribution < -0.4 is 10.2 Å². The minimum Gasteiger partial charge on any atom is -0.468 e. The van der Waals surface area contributed by atoms with Gasteiger partial charge in [0.05, 0.1) is 18.2 Å². The van der Waals surface area contributed by atoms with Crippen molar-refractivity contribution in [2.75, 3.05) is 43.5 Å². The third-order valence-corrected chi connectivity index (χ3v) is 7.73. The standard InChI is InChI=1S/C34H32F3N3O3/c1-23-7-6-10-29(24-11-13-26(14-12-24)34(35,36)37)30(23)32(41)38-27-15-17-28(18-16-27)39-19-21-40(22-20-39)31(33(42)43-2)25-8-4-3-5-9-25/h3-18,31H,19-22H2,1-2H3,(H,38,41). The van der Waals surface area contributed by atoms with Crippen LogP contribution in [0.1, 0.15) is 33.1 Å². The molecule has 0 radical (unpaired) electrons. The Labute approximate surface area is 248 Å². The van der Waals surface area contributed by atoms with E-state index in [4.69, 9.17) is 4.74 Å². The number of hydrogen-bond donors (Lipinski definition) is 1. The summed E-state index contributed by atoms with van der Waals surface area (Å²) in [5, 5.41) is 2.94. The summed E-state index contributed by atoms with van der Waals surface area (Å²) in [4.78, 5) is 30.4. The summed E-state index contributed by atoms with van der Waals surface area (Å²) in [7, 11) is 1.41. The Morgan fingerprint density at radius 2 is 1.47 bits per heavy atom. The van der Waals surface area contributed by atoms with E-state index in [0.717, 1.165) is 23.4 Å². The number of anilines is 2. The van der Waals surface area contributed by atoms with Crippen molar-refractivity contribution in [3.05, 3.63) is 119 Å². The molecule has 1 saturated heterocycles. The summed E-state index contributed by atoms with van der Waals surface area (Å²) in [5.74, 6) is -0.626. The SMILES string of the molecule is COC(=O)C(c1ccccc1)N1CCN(c2ccc(NC(=O)c3c(C)cccc3-c3ccc(C(F)(F)F)cc3)cc2)CC1. The van der Waals surface area contributed by atoms with Gasteiger partial charge in [0.2, 0.25) is 0 Å². The van der Waals surface area contributed by atoms with E-state index in [1.807, 2.05) is 54.6 Å². The summed E-state index contributed by atoms with van der Waals surface area (Å²) in [5.41, 5.74) is 3.96. The predicted octanol–water partition coefficient (Wildman–Crippen LogP) is 6.97. The quantitative estimate of drug-likeness (QED) is 0.237. The molecule has 222 valence electrons. The number of amides is 1. The predicted molar refractivity (Wildman–Crippen MR) is 161 cm³/mol. The zero-order valence-electron chi connectivity index (χ0n) is 23.9. The van der Waals surface area contributed by atoms with Gasteiger partial charge in [-0.25, -0.2) is 4.79 Å². The van der Waals surface area contributed by atoms with Crippen LogP contribution in [0.25, 0.3) is 11.1 Å². The van der Waals surface area contributed by atoms with Crippen LogP contribution in [-0.4, -0.2) is 50.1 Å². The number of hydrogen-bond acceptors (Lipinski definition) is 5. The summed E-state index contributed by atoms with van der Waals surface area (Å²) < 4.78 is 44.3. The van der Waals surface area contributed by atoms with Gasteiger partial charge in [0.15, 0.2) is 0 Å². The second kappa shape index (κ2) is 12.7. The van der Waals surface area contributed by atoms with Gasteiger partial charge in [-0.3, -0.25) is 9.69 Å². The number of halogens is 3. The molecule has 4 aromatic carbocycles. The summed E-state index contributed by atoms with van der Waals surface area (Å²) >= 11 is 0. The van der Waals surface area contributed by atoms with Gasteiger partial charge in [-0.1, -0.05) is 60.7 Å². The highest BCUT2D eigenvalue weighted by molar-refractivity contribution is 6.09. The molecule has 0 spiro atoms. The van der Waals surface area contributed by atoms with Crippen LogP contribution in [0.15, 0.2) is 97.1 Å². The molecule has 1 amide bonds. The Hall–Kier alpha value is -4.63. The van der Waals surface area contributed by atoms with Gasteiger partial charge in [-0.2, -0.15) is 13.2 Å². The average Bonchev–Trinajstić information content (AvgIpc) is 3.02. The lowest BCUT2D eigenvalue weighted by Gasteiger charge is -2.39. The summed E-state index contributed by atoms with van der Waals surface area (Å²) in [6.45, 7) is 4.57. The van der Waals surface area contributed by atoms with Crippen molar-refractivity contribution < 1.29 is 27.5 Å². The Bertz CT molecular complexity index is 1570. The van der Waals surface area contributed by atoms with Gasteiger partial charge in [0, 0.05) is 37.6 Å². The van der Waals surface area contributed by atoms with Gasteiger partial charge in [0.25, 0.3) is 5.91 Å². The number of methoxy groups -OCH3 is 1. The molecule has 6 nitrogen and oxygen atoms in total. The fraction of sp³-hybridized carbons (Fsp3) is 0.235. The van der Waals surface area contributed by atoms with Crippen molar-refractivity contribution in [3.63, 3.8) is 0 Å². The number of benzene rings is 4. The van der Waals surface area contributed by atoms with Crippen molar-refractivity contribution in [1.29, 1.82) is 0 Å². The second-order valence-corrected chi connectivity index (χ2v) is 10.4. The number of carbonyl (C=O) groups is 2. The lowest BCUT2D eigenvalue weighted by molar-refractivity contribution is -0.147. The highest BCUT2D eigenvalue weighted by Gasteiger charge is 2.32. The van der Waals surface area contributed by atoms with Crippen molar-refractivity contribution in [3.8, 4) is 11.1 Å². The average molecular weight is 588 g/mol. The molecule has 4 aromatic rings. The molecule has 1 heterocycles. The number of nitrogens with one attached hydrogen (secondary N) is 1. The van der Waals surface area contributed by atoms with Crippen LogP contribution in [-0.2, 0) is 15.7 Å². The van der Waals surface area contributed by atoms with E-state index >= 15 is 0 Å². The lowest BCUT2D eigenvalue weighted by Crippen LogP contribution is -2.49. The molecule has 43 heavy (non-hydrogen) atoms. The Morgan fingerprint density at radius 3 is 2.07 bits per heavy atom. The first kappa shape index (κ1) is 29.8. The maximum Gasteiger partial charge on any atom is 0.416 e. The number of rotatable bonds is 7. The van der Waals surface area contributed by atoms with Crippen LogP contribution in [0.4, 0.5) is 24.5 Å². The Balaban J connectivity index is 1.26. The molecule has 0 aromatic heterocycles. The molecule has 1 aliphatic rings. The number of piperazine rings is 1. The van der Waals surface area contributed by atoms with E-state index in [-0.39, 0.29) is 11.9 Å². The molecule has 1 N–H and O–H groups in total. The van der Waals surface area contributed by atoms with Crippen molar-refractivity contribution in [2.45, 2.75) is 19.1 Å². The van der Waals surface area contributed by atoms with Gasteiger partial charge in [-0.15, -0.1) is 0 Å². The number of carbonyl (C=O) groups excluding carboxylic acids is 2. The fourth-order valence-electron chi connectivity index (χ4n) is 5.48. The normalized spacial score (nSPS) is 14.7. The molecule has 1 unspecified atom stereocenters. The first-order valence-electron chi connectivity index (χ1n) is 14.0. The van der Waals surface area contributed by atoms with Crippen molar-refractivity contribution >= 4 is 23.3 Å². The van der Waals surface area contributed by atoms with E-state index < -0.39 is 17.8 Å². The number of ether oxygens (including phenoxy) is 1. The second-order valence-electron chi connectivity index (χ2n) is 10.4. The minimum atomic E-state index is -4.43. The van der Waals surface area contributed by atoms with Crippen LogP contribution in [0, 0.1) is 6.92 Å². The minimum absolute atomic E-state index is 0.283. The van der Waals surface area contributed by atoms with Gasteiger partial charge in [-0.05, 0) is 65.6 Å². The summed E-state index contributed by atoms with van der Waals surface area (Å²) in [6.07, 6.45) is -4.43. The van der Waals surface area contributed by atoms with E-state index in [0.29, 0.717) is 54.1 Å². The topological polar surface area (TPSA) is 61.9 Å². The fourth-order valence-corrected chi connectivity index (χ4v) is 5.48. The molecular weight excluding hydrogens is 555 g/mol. The highest BCUT2D eigenvalue weighted by Crippen LogP contribution is 2.33. The highest BCUT2D eigenvalue weighted by atomic mass is 19.4. The molecule has 9 heteroatoms. The largest absolute Gasteiger partial charge is 0.468 e. The monoisotopic (exact) mass is 587 g/mol. The van der Waals surface area contributed by atoms with E-state index in [9.17, 15) is 22.8 Å². The van der Waals surface area contributed by atoms with Crippen LogP contribution in [0.2, 0.25) is 0 Å². The zero-order chi connectivity index (χ0) is 30.6. The molecule has 1 fully saturated rings. The molecular formula is C34H32F3N3O3. The van der Waals surface area contributed by atoms with Crippen LogP contribution >= 0.6 is 0 Å². The van der Waals surface area contributed by atoms with Gasteiger partial charge >= 0.3 is 12.1 Å². The first-order valence-corrected chi connectivity index (χ1v) is 14.0. The van der Waals surface area contributed by atoms with E-state index in [2.05, 4.69) is 15.1 Å². The van der Waals surface area contributed by atoms with Crippen LogP contribution in [0.3, 0.4) is 0 Å². The first-order chi connectivity index (χ1) is 20.7. The zero-order valence-corrected chi connectivity index (χ0v) is 23.9. The number of nitrogens with zero attached hydrogens (tertiary/aromatic N) is 2. The summed E-state index contributed by atoms with van der Waals surface area (Å²) in [6, 6.07) is 26.8. The third kappa shape index (κ3) is 6.73. The number of aryl methyl sites for hydroxylation is 1. The Morgan fingerprint density at radius 1 is 0.814 bits per heavy atom. The van der Waals surface area contributed by atoms with Gasteiger partial charge in [0.1, 0.15) is 6.04 Å². The molecule has 0 bridgehead atoms. The maximum atomic E-state index is 13.4. The molecule has 1 aliphatic heterocycles. The Kier molecular flexibility index (Phi) is 8.82. The van der Waals surface area contributed by atoms with E-state index in [1.54, 1.807) is 25.1 Å². The number of alkyl halides is 3. The van der Waals surface area contributed by atoms with Gasteiger partial charge < -0.3 is 15.0 Å². The third-order valence-electron chi connectivity index (χ3n) is 7.73. The lowest BCUT2D eigenvalue weighted by atomic mass is 9.94. The number of esters is 1. The van der Waals surface area contributed by atoms with Crippen molar-refractivity contribution in [2.24, 2.45) is 0 Å². The molecule has 5 rings (SSSR count). The molecule has 0 saturated carbocycles. The molecule has 0 aliphatic carbocycles. The van der Waals surface area contributed by atoms with Crippen molar-refractivity contribution in [1.82, 2.24) is 4.90 Å². The molecule has 1 atom stereocenters. The van der Waals surface area contributed by atoms with E-state index in [1.165, 1.54) is 19.2 Å².